The third-order valence-corrected chi connectivity index (χ3v) is 3.97. The molecule has 2 heteroatoms. The predicted octanol–water partition coefficient (Wildman–Crippen LogP) is 2.95. The number of rotatable bonds is 1. The van der Waals surface area contributed by atoms with E-state index in [1.807, 2.05) is 0 Å². The molecule has 2 aromatic rings. The topological polar surface area (TPSA) is 17.0 Å². The van der Waals surface area contributed by atoms with Gasteiger partial charge in [0, 0.05) is 30.2 Å². The summed E-state index contributed by atoms with van der Waals surface area (Å²) in [6.45, 7) is 6.63. The van der Waals surface area contributed by atoms with E-state index < -0.39 is 0 Å². The van der Waals surface area contributed by atoms with Crippen molar-refractivity contribution in [3.63, 3.8) is 0 Å². The van der Waals surface area contributed by atoms with Crippen LogP contribution in [0.5, 0.6) is 0 Å². The molecule has 0 spiro atoms. The number of benzene rings is 1. The molecule has 0 bridgehead atoms. The second kappa shape index (κ2) is 3.88. The smallest absolute Gasteiger partial charge is 0.0486 e. The first-order valence-electron chi connectivity index (χ1n) is 6.49. The van der Waals surface area contributed by atoms with Crippen LogP contribution in [0.2, 0.25) is 0 Å². The molecule has 0 unspecified atom stereocenters. The van der Waals surface area contributed by atoms with Gasteiger partial charge in [-0.2, -0.15) is 0 Å². The van der Waals surface area contributed by atoms with Crippen LogP contribution in [0.1, 0.15) is 36.6 Å². The van der Waals surface area contributed by atoms with Crippen molar-refractivity contribution >= 4 is 10.9 Å². The molecule has 1 aliphatic heterocycles. The fourth-order valence-electron chi connectivity index (χ4n) is 2.87. The third-order valence-electron chi connectivity index (χ3n) is 3.97. The van der Waals surface area contributed by atoms with Gasteiger partial charge in [-0.15, -0.1) is 0 Å². The number of hydrogen-bond donors (Lipinski definition) is 1. The van der Waals surface area contributed by atoms with E-state index in [0.717, 1.165) is 19.5 Å². The van der Waals surface area contributed by atoms with Gasteiger partial charge < -0.3 is 9.88 Å². The molecule has 17 heavy (non-hydrogen) atoms. The highest BCUT2D eigenvalue weighted by Gasteiger charge is 2.18. The molecular formula is C15H20N2. The Morgan fingerprint density at radius 1 is 1.29 bits per heavy atom. The van der Waals surface area contributed by atoms with E-state index in [9.17, 15) is 0 Å². The van der Waals surface area contributed by atoms with Gasteiger partial charge in [-0.3, -0.25) is 0 Å². The Hall–Kier alpha value is -1.28. The first-order chi connectivity index (χ1) is 8.18. The summed E-state index contributed by atoms with van der Waals surface area (Å²) in [7, 11) is 2.19. The average molecular weight is 228 g/mol. The summed E-state index contributed by atoms with van der Waals surface area (Å²) >= 11 is 0. The van der Waals surface area contributed by atoms with Crippen LogP contribution in [-0.2, 0) is 20.0 Å². The maximum Gasteiger partial charge on any atom is 0.0486 e. The Labute approximate surface area is 103 Å². The zero-order chi connectivity index (χ0) is 12.0. The van der Waals surface area contributed by atoms with Crippen molar-refractivity contribution in [1.82, 2.24) is 9.88 Å². The minimum atomic E-state index is 0.601. The van der Waals surface area contributed by atoms with Crippen LogP contribution in [0.3, 0.4) is 0 Å². The standard InChI is InChI=1S/C15H20N2/c1-10(2)11-4-5-12-13-6-7-16-9-15(13)17(3)14(12)8-11/h4-5,8,10,16H,6-7,9H2,1-3H3. The summed E-state index contributed by atoms with van der Waals surface area (Å²) in [4.78, 5) is 0. The SMILES string of the molecule is CC(C)c1ccc2c3c(n(C)c2c1)CNCC3. The van der Waals surface area contributed by atoms with Gasteiger partial charge in [-0.25, -0.2) is 0 Å². The molecule has 0 radical (unpaired) electrons. The van der Waals surface area contributed by atoms with Crippen LogP contribution < -0.4 is 5.32 Å². The molecule has 1 aromatic carbocycles. The molecule has 0 amide bonds. The van der Waals surface area contributed by atoms with Crippen molar-refractivity contribution in [2.75, 3.05) is 6.54 Å². The van der Waals surface area contributed by atoms with Gasteiger partial charge in [0.05, 0.1) is 0 Å². The molecule has 90 valence electrons. The molecule has 0 aliphatic carbocycles. The van der Waals surface area contributed by atoms with E-state index >= 15 is 0 Å². The average Bonchev–Trinajstić information content (AvgIpc) is 2.64. The van der Waals surface area contributed by atoms with Crippen LogP contribution in [-0.4, -0.2) is 11.1 Å². The second-order valence-corrected chi connectivity index (χ2v) is 5.34. The summed E-state index contributed by atoms with van der Waals surface area (Å²) in [6.07, 6.45) is 1.16. The molecule has 0 saturated carbocycles. The van der Waals surface area contributed by atoms with E-state index in [0.29, 0.717) is 5.92 Å². The van der Waals surface area contributed by atoms with Crippen LogP contribution in [0.25, 0.3) is 10.9 Å². The van der Waals surface area contributed by atoms with Gasteiger partial charge in [0.2, 0.25) is 0 Å². The van der Waals surface area contributed by atoms with Gasteiger partial charge in [-0.1, -0.05) is 26.0 Å². The fourth-order valence-corrected chi connectivity index (χ4v) is 2.87. The largest absolute Gasteiger partial charge is 0.346 e. The minimum Gasteiger partial charge on any atom is -0.346 e. The molecule has 0 fully saturated rings. The molecular weight excluding hydrogens is 208 g/mol. The molecule has 1 aliphatic rings. The lowest BCUT2D eigenvalue weighted by molar-refractivity contribution is 0.614. The van der Waals surface area contributed by atoms with E-state index in [1.54, 1.807) is 5.56 Å². The lowest BCUT2D eigenvalue weighted by Crippen LogP contribution is -2.24. The molecule has 0 saturated heterocycles. The van der Waals surface area contributed by atoms with Crippen LogP contribution in [0.4, 0.5) is 0 Å². The summed E-state index contributed by atoms with van der Waals surface area (Å²) in [6, 6.07) is 6.96. The molecule has 1 N–H and O–H groups in total. The molecule has 3 rings (SSSR count). The predicted molar refractivity (Wildman–Crippen MR) is 72.4 cm³/mol. The lowest BCUT2D eigenvalue weighted by Gasteiger charge is -2.14. The van der Waals surface area contributed by atoms with E-state index in [4.69, 9.17) is 0 Å². The number of nitrogens with one attached hydrogen (secondary N) is 1. The van der Waals surface area contributed by atoms with Crippen molar-refractivity contribution in [3.05, 3.63) is 35.0 Å². The fraction of sp³-hybridized carbons (Fsp3) is 0.467. The Morgan fingerprint density at radius 2 is 2.12 bits per heavy atom. The van der Waals surface area contributed by atoms with E-state index in [1.165, 1.54) is 22.2 Å². The van der Waals surface area contributed by atoms with Crippen molar-refractivity contribution < 1.29 is 0 Å². The number of aryl methyl sites for hydroxylation is 1. The zero-order valence-corrected chi connectivity index (χ0v) is 10.9. The van der Waals surface area contributed by atoms with Crippen molar-refractivity contribution in [3.8, 4) is 0 Å². The maximum absolute atomic E-state index is 3.46. The summed E-state index contributed by atoms with van der Waals surface area (Å²) in [5.41, 5.74) is 5.84. The Balaban J connectivity index is 2.27. The van der Waals surface area contributed by atoms with Crippen molar-refractivity contribution in [2.45, 2.75) is 32.7 Å². The van der Waals surface area contributed by atoms with Gasteiger partial charge >= 0.3 is 0 Å². The second-order valence-electron chi connectivity index (χ2n) is 5.34. The van der Waals surface area contributed by atoms with Crippen LogP contribution in [0.15, 0.2) is 18.2 Å². The Kier molecular flexibility index (Phi) is 2.48. The summed E-state index contributed by atoms with van der Waals surface area (Å²) < 4.78 is 2.36. The highest BCUT2D eigenvalue weighted by Crippen LogP contribution is 2.30. The minimum absolute atomic E-state index is 0.601. The number of hydrogen-bond acceptors (Lipinski definition) is 1. The first kappa shape index (κ1) is 10.8. The Morgan fingerprint density at radius 3 is 2.88 bits per heavy atom. The van der Waals surface area contributed by atoms with Crippen molar-refractivity contribution in [1.29, 1.82) is 0 Å². The van der Waals surface area contributed by atoms with E-state index in [-0.39, 0.29) is 0 Å². The van der Waals surface area contributed by atoms with Crippen LogP contribution >= 0.6 is 0 Å². The Bertz CT molecular complexity index is 564. The number of nitrogens with zero attached hydrogens (tertiary/aromatic N) is 1. The van der Waals surface area contributed by atoms with Gasteiger partial charge in [0.1, 0.15) is 0 Å². The lowest BCUT2D eigenvalue weighted by atomic mass is 9.99. The summed E-state index contributed by atoms with van der Waals surface area (Å²) in [5.74, 6) is 0.601. The third kappa shape index (κ3) is 1.59. The highest BCUT2D eigenvalue weighted by molar-refractivity contribution is 5.86. The van der Waals surface area contributed by atoms with Gasteiger partial charge in [0.15, 0.2) is 0 Å². The van der Waals surface area contributed by atoms with Gasteiger partial charge in [0.25, 0.3) is 0 Å². The first-order valence-corrected chi connectivity index (χ1v) is 6.49. The summed E-state index contributed by atoms with van der Waals surface area (Å²) in [5, 5.41) is 4.91. The molecule has 2 nitrogen and oxygen atoms in total. The monoisotopic (exact) mass is 228 g/mol. The number of aromatic nitrogens is 1. The highest BCUT2D eigenvalue weighted by atomic mass is 15.0. The quantitative estimate of drug-likeness (QED) is 0.794. The normalized spacial score (nSPS) is 15.5. The molecule has 2 heterocycles. The zero-order valence-electron chi connectivity index (χ0n) is 10.9. The maximum atomic E-state index is 3.46. The van der Waals surface area contributed by atoms with Crippen LogP contribution in [0, 0.1) is 0 Å². The van der Waals surface area contributed by atoms with Gasteiger partial charge in [-0.05, 0) is 36.1 Å². The van der Waals surface area contributed by atoms with Crippen molar-refractivity contribution in [2.24, 2.45) is 7.05 Å². The van der Waals surface area contributed by atoms with E-state index in [2.05, 4.69) is 49.0 Å². The molecule has 0 atom stereocenters. The molecule has 1 aromatic heterocycles. The number of fused-ring (bicyclic) bond motifs is 3.